The molecular weight excluding hydrogens is 368 g/mol. The van der Waals surface area contributed by atoms with Crippen LogP contribution in [0.2, 0.25) is 5.02 Å². The molecule has 3 unspecified atom stereocenters. The molecule has 2 aromatic carbocycles. The smallest absolute Gasteiger partial charge is 0.220 e. The number of sulfonamides is 1. The van der Waals surface area contributed by atoms with Gasteiger partial charge in [-0.1, -0.05) is 68.8 Å². The molecule has 2 N–H and O–H groups in total. The highest BCUT2D eigenvalue weighted by Gasteiger charge is 2.44. The Hall–Kier alpha value is -1.40. The van der Waals surface area contributed by atoms with Gasteiger partial charge in [0.1, 0.15) is 5.25 Å². The van der Waals surface area contributed by atoms with Crippen LogP contribution in [0, 0.1) is 5.92 Å². The van der Waals surface area contributed by atoms with Crippen molar-refractivity contribution in [2.45, 2.75) is 44.6 Å². The predicted molar refractivity (Wildman–Crippen MR) is 107 cm³/mol. The molecule has 140 valence electrons. The van der Waals surface area contributed by atoms with Crippen LogP contribution in [-0.4, -0.2) is 14.6 Å². The van der Waals surface area contributed by atoms with Crippen LogP contribution < -0.4 is 10.0 Å². The van der Waals surface area contributed by atoms with Gasteiger partial charge < -0.3 is 0 Å². The van der Waals surface area contributed by atoms with Crippen molar-refractivity contribution in [3.05, 3.63) is 70.2 Å². The number of nitrogens with one attached hydrogen (secondary N) is 2. The minimum absolute atomic E-state index is 0.0859. The SMILES string of the molecule is CC(C)c1ccc(C2C(C)C(NCc3ccc(Cl)cc3)NS2(=O)=O)cc1. The molecule has 6 heteroatoms. The van der Waals surface area contributed by atoms with Gasteiger partial charge in [0.05, 0.1) is 6.17 Å². The lowest BCUT2D eigenvalue weighted by molar-refractivity contribution is 0.382. The molecule has 1 aliphatic heterocycles. The molecule has 0 radical (unpaired) electrons. The Morgan fingerprint density at radius 1 is 1.08 bits per heavy atom. The number of rotatable bonds is 5. The molecule has 0 spiro atoms. The Morgan fingerprint density at radius 3 is 2.27 bits per heavy atom. The largest absolute Gasteiger partial charge is 0.297 e. The van der Waals surface area contributed by atoms with Crippen LogP contribution in [0.1, 0.15) is 48.6 Å². The Labute approximate surface area is 161 Å². The summed E-state index contributed by atoms with van der Waals surface area (Å²) in [5, 5.41) is 3.46. The average molecular weight is 393 g/mol. The minimum atomic E-state index is -3.42. The van der Waals surface area contributed by atoms with Gasteiger partial charge >= 0.3 is 0 Å². The highest BCUT2D eigenvalue weighted by Crippen LogP contribution is 2.37. The number of hydrogen-bond acceptors (Lipinski definition) is 3. The van der Waals surface area contributed by atoms with Gasteiger partial charge in [0.15, 0.2) is 0 Å². The van der Waals surface area contributed by atoms with E-state index in [1.54, 1.807) is 0 Å². The summed E-state index contributed by atoms with van der Waals surface area (Å²) in [5.74, 6) is 0.339. The molecule has 2 aromatic rings. The molecule has 0 aliphatic carbocycles. The highest BCUT2D eigenvalue weighted by molar-refractivity contribution is 7.90. The van der Waals surface area contributed by atoms with Crippen LogP contribution in [0.25, 0.3) is 0 Å². The van der Waals surface area contributed by atoms with E-state index < -0.39 is 15.3 Å². The molecule has 4 nitrogen and oxygen atoms in total. The maximum Gasteiger partial charge on any atom is 0.220 e. The molecule has 1 saturated heterocycles. The van der Waals surface area contributed by atoms with Gasteiger partial charge in [0, 0.05) is 17.5 Å². The van der Waals surface area contributed by atoms with Crippen LogP contribution in [0.3, 0.4) is 0 Å². The van der Waals surface area contributed by atoms with Crippen molar-refractivity contribution >= 4 is 21.6 Å². The summed E-state index contributed by atoms with van der Waals surface area (Å²) in [6.07, 6.45) is -0.301. The van der Waals surface area contributed by atoms with E-state index in [4.69, 9.17) is 11.6 Å². The third-order valence-electron chi connectivity index (χ3n) is 5.00. The van der Waals surface area contributed by atoms with E-state index in [9.17, 15) is 8.42 Å². The van der Waals surface area contributed by atoms with Crippen molar-refractivity contribution in [2.24, 2.45) is 5.92 Å². The molecule has 1 heterocycles. The van der Waals surface area contributed by atoms with Crippen LogP contribution in [0.5, 0.6) is 0 Å². The Kier molecular flexibility index (Phi) is 5.72. The normalized spacial score (nSPS) is 24.9. The van der Waals surface area contributed by atoms with Crippen LogP contribution in [0.4, 0.5) is 0 Å². The summed E-state index contributed by atoms with van der Waals surface area (Å²) in [6.45, 7) is 6.80. The number of halogens is 1. The zero-order valence-corrected chi connectivity index (χ0v) is 16.8. The molecule has 0 saturated carbocycles. The van der Waals surface area contributed by atoms with Gasteiger partial charge in [-0.25, -0.2) is 8.42 Å². The fraction of sp³-hybridized carbons (Fsp3) is 0.400. The first-order valence-electron chi connectivity index (χ1n) is 8.87. The maximum absolute atomic E-state index is 12.7. The first-order chi connectivity index (χ1) is 12.3. The highest BCUT2D eigenvalue weighted by atomic mass is 35.5. The van der Waals surface area contributed by atoms with Crippen LogP contribution >= 0.6 is 11.6 Å². The lowest BCUT2D eigenvalue weighted by Crippen LogP contribution is -2.41. The van der Waals surface area contributed by atoms with Gasteiger partial charge in [-0.3, -0.25) is 5.32 Å². The summed E-state index contributed by atoms with van der Waals surface area (Å²) >= 11 is 5.90. The number of benzene rings is 2. The molecular formula is C20H25ClN2O2S. The van der Waals surface area contributed by atoms with Crippen molar-refractivity contribution in [2.75, 3.05) is 0 Å². The van der Waals surface area contributed by atoms with Crippen molar-refractivity contribution in [1.29, 1.82) is 0 Å². The summed E-state index contributed by atoms with van der Waals surface area (Å²) in [4.78, 5) is 0. The minimum Gasteiger partial charge on any atom is -0.297 e. The molecule has 0 aromatic heterocycles. The maximum atomic E-state index is 12.7. The van der Waals surface area contributed by atoms with Gasteiger partial charge in [0.25, 0.3) is 0 Å². The monoisotopic (exact) mass is 392 g/mol. The third kappa shape index (κ3) is 4.12. The zero-order chi connectivity index (χ0) is 18.9. The molecule has 1 aliphatic rings. The van der Waals surface area contributed by atoms with Gasteiger partial charge in [0.2, 0.25) is 10.0 Å². The molecule has 1 fully saturated rings. The summed E-state index contributed by atoms with van der Waals surface area (Å²) < 4.78 is 28.2. The standard InChI is InChI=1S/C20H25ClN2O2S/c1-13(2)16-6-8-17(9-7-16)19-14(3)20(23-26(19,24)25)22-12-15-4-10-18(21)11-5-15/h4-11,13-14,19-20,22-23H,12H2,1-3H3. The molecule has 0 amide bonds. The van der Waals surface area contributed by atoms with E-state index in [0.717, 1.165) is 11.1 Å². The van der Waals surface area contributed by atoms with Crippen molar-refractivity contribution < 1.29 is 8.42 Å². The lowest BCUT2D eigenvalue weighted by atomic mass is 9.95. The van der Waals surface area contributed by atoms with Gasteiger partial charge in [-0.15, -0.1) is 0 Å². The van der Waals surface area contributed by atoms with Gasteiger partial charge in [-0.05, 0) is 34.7 Å². The summed E-state index contributed by atoms with van der Waals surface area (Å²) in [7, 11) is -3.42. The van der Waals surface area contributed by atoms with Crippen LogP contribution in [0.15, 0.2) is 48.5 Å². The van der Waals surface area contributed by atoms with E-state index >= 15 is 0 Å². The Balaban J connectivity index is 1.74. The van der Waals surface area contributed by atoms with Crippen molar-refractivity contribution in [1.82, 2.24) is 10.0 Å². The van der Waals surface area contributed by atoms with Crippen LogP contribution in [-0.2, 0) is 16.6 Å². The average Bonchev–Trinajstić information content (AvgIpc) is 2.83. The summed E-state index contributed by atoms with van der Waals surface area (Å²) in [6, 6.07) is 15.5. The van der Waals surface area contributed by atoms with E-state index in [2.05, 4.69) is 23.9 Å². The fourth-order valence-electron chi connectivity index (χ4n) is 3.43. The van der Waals surface area contributed by atoms with E-state index in [-0.39, 0.29) is 12.1 Å². The molecule has 26 heavy (non-hydrogen) atoms. The second kappa shape index (κ2) is 7.69. The Morgan fingerprint density at radius 2 is 1.69 bits per heavy atom. The zero-order valence-electron chi connectivity index (χ0n) is 15.2. The third-order valence-corrected chi connectivity index (χ3v) is 7.20. The lowest BCUT2D eigenvalue weighted by Gasteiger charge is -2.19. The second-order valence-corrected chi connectivity index (χ2v) is 9.52. The molecule has 3 rings (SSSR count). The van der Waals surface area contributed by atoms with Crippen molar-refractivity contribution in [3.8, 4) is 0 Å². The molecule has 3 atom stereocenters. The van der Waals surface area contributed by atoms with E-state index in [1.165, 1.54) is 5.56 Å². The predicted octanol–water partition coefficient (Wildman–Crippen LogP) is 4.19. The first-order valence-corrected chi connectivity index (χ1v) is 10.8. The first kappa shape index (κ1) is 19.4. The molecule has 0 bridgehead atoms. The van der Waals surface area contributed by atoms with Crippen molar-refractivity contribution in [3.63, 3.8) is 0 Å². The number of hydrogen-bond donors (Lipinski definition) is 2. The fourth-order valence-corrected chi connectivity index (χ4v) is 5.59. The van der Waals surface area contributed by atoms with E-state index in [0.29, 0.717) is 17.5 Å². The quantitative estimate of drug-likeness (QED) is 0.802. The Bertz CT molecular complexity index is 848. The topological polar surface area (TPSA) is 58.2 Å². The van der Waals surface area contributed by atoms with E-state index in [1.807, 2.05) is 55.5 Å². The second-order valence-electron chi connectivity index (χ2n) is 7.25. The summed E-state index contributed by atoms with van der Waals surface area (Å²) in [5.41, 5.74) is 3.11. The van der Waals surface area contributed by atoms with Gasteiger partial charge in [-0.2, -0.15) is 4.72 Å².